The Morgan fingerprint density at radius 2 is 2.26 bits per heavy atom. The number of methoxy groups -OCH3 is 1. The molecule has 2 rings (SSSR count). The van der Waals surface area contributed by atoms with Crippen molar-refractivity contribution in [2.45, 2.75) is 20.0 Å². The second-order valence-corrected chi connectivity index (χ2v) is 4.96. The molecule has 0 fully saturated rings. The first kappa shape index (κ1) is 16.7. The van der Waals surface area contributed by atoms with Gasteiger partial charge in [-0.3, -0.25) is 4.99 Å². The number of ether oxygens (including phenoxy) is 1. The number of hydrogen-bond acceptors (Lipinski definition) is 5. The highest BCUT2D eigenvalue weighted by Crippen LogP contribution is 2.18. The van der Waals surface area contributed by atoms with Crippen LogP contribution in [-0.2, 0) is 13.1 Å². The predicted molar refractivity (Wildman–Crippen MR) is 83.7 cm³/mol. The van der Waals surface area contributed by atoms with Crippen molar-refractivity contribution in [3.63, 3.8) is 0 Å². The SMILES string of the molecule is CN=C(NCc1noc(C)n1)N(C)Cc1ccc(OC)c(F)c1. The molecule has 0 amide bonds. The predicted octanol–water partition coefficient (Wildman–Crippen LogP) is 1.73. The van der Waals surface area contributed by atoms with Crippen molar-refractivity contribution in [1.82, 2.24) is 20.4 Å². The Labute approximate surface area is 134 Å². The molecular weight excluding hydrogens is 301 g/mol. The van der Waals surface area contributed by atoms with Crippen LogP contribution in [0, 0.1) is 12.7 Å². The number of aryl methyl sites for hydroxylation is 1. The molecule has 0 saturated carbocycles. The van der Waals surface area contributed by atoms with E-state index in [2.05, 4.69) is 20.4 Å². The van der Waals surface area contributed by atoms with Gasteiger partial charge in [0.15, 0.2) is 23.4 Å². The molecular formula is C15H20FN5O2. The van der Waals surface area contributed by atoms with Gasteiger partial charge in [0.05, 0.1) is 13.7 Å². The van der Waals surface area contributed by atoms with Crippen molar-refractivity contribution >= 4 is 5.96 Å². The highest BCUT2D eigenvalue weighted by molar-refractivity contribution is 5.79. The van der Waals surface area contributed by atoms with Crippen LogP contribution in [-0.4, -0.2) is 42.2 Å². The lowest BCUT2D eigenvalue weighted by Gasteiger charge is -2.21. The standard InChI is InChI=1S/C15H20FN5O2/c1-10-19-14(20-23-10)8-18-15(17-2)21(3)9-11-5-6-13(22-4)12(16)7-11/h5-7H,8-9H2,1-4H3,(H,17,18). The molecule has 1 N–H and O–H groups in total. The molecule has 8 heteroatoms. The number of rotatable bonds is 5. The zero-order valence-corrected chi connectivity index (χ0v) is 13.6. The Hall–Kier alpha value is -2.64. The van der Waals surface area contributed by atoms with Crippen molar-refractivity contribution in [1.29, 1.82) is 0 Å². The fourth-order valence-electron chi connectivity index (χ4n) is 2.11. The number of guanidine groups is 1. The molecule has 23 heavy (non-hydrogen) atoms. The zero-order valence-electron chi connectivity index (χ0n) is 13.6. The van der Waals surface area contributed by atoms with Gasteiger partial charge >= 0.3 is 0 Å². The van der Waals surface area contributed by atoms with Gasteiger partial charge in [-0.1, -0.05) is 11.2 Å². The molecule has 1 aromatic heterocycles. The second kappa shape index (κ2) is 7.57. The number of nitrogens with one attached hydrogen (secondary N) is 1. The number of aromatic nitrogens is 2. The van der Waals surface area contributed by atoms with Gasteiger partial charge in [0.25, 0.3) is 0 Å². The molecule has 7 nitrogen and oxygen atoms in total. The van der Waals surface area contributed by atoms with Crippen LogP contribution in [0.3, 0.4) is 0 Å². The first-order valence-electron chi connectivity index (χ1n) is 7.07. The van der Waals surface area contributed by atoms with Crippen LogP contribution in [0.25, 0.3) is 0 Å². The third-order valence-electron chi connectivity index (χ3n) is 3.18. The summed E-state index contributed by atoms with van der Waals surface area (Å²) in [6.45, 7) is 2.62. The minimum atomic E-state index is -0.386. The summed E-state index contributed by atoms with van der Waals surface area (Å²) in [6.07, 6.45) is 0. The molecule has 2 aromatic rings. The molecule has 0 spiro atoms. The Bertz CT molecular complexity index is 686. The van der Waals surface area contributed by atoms with Crippen LogP contribution in [0.2, 0.25) is 0 Å². The van der Waals surface area contributed by atoms with Gasteiger partial charge in [0, 0.05) is 27.6 Å². The van der Waals surface area contributed by atoms with Crippen molar-refractivity contribution in [2.24, 2.45) is 4.99 Å². The molecule has 0 aliphatic rings. The van der Waals surface area contributed by atoms with Gasteiger partial charge in [0.1, 0.15) is 0 Å². The van der Waals surface area contributed by atoms with E-state index in [1.165, 1.54) is 13.2 Å². The van der Waals surface area contributed by atoms with E-state index in [1.807, 2.05) is 18.0 Å². The van der Waals surface area contributed by atoms with Crippen molar-refractivity contribution < 1.29 is 13.7 Å². The van der Waals surface area contributed by atoms with E-state index < -0.39 is 0 Å². The first-order chi connectivity index (χ1) is 11.0. The number of nitrogens with zero attached hydrogens (tertiary/aromatic N) is 4. The van der Waals surface area contributed by atoms with Crippen molar-refractivity contribution in [3.8, 4) is 5.75 Å². The summed E-state index contributed by atoms with van der Waals surface area (Å²) in [6, 6.07) is 4.87. The maximum Gasteiger partial charge on any atom is 0.223 e. The highest BCUT2D eigenvalue weighted by Gasteiger charge is 2.10. The Kier molecular flexibility index (Phi) is 5.51. The summed E-state index contributed by atoms with van der Waals surface area (Å²) >= 11 is 0. The lowest BCUT2D eigenvalue weighted by Crippen LogP contribution is -2.38. The molecule has 1 aromatic carbocycles. The van der Waals surface area contributed by atoms with Crippen molar-refractivity contribution in [2.75, 3.05) is 21.2 Å². The highest BCUT2D eigenvalue weighted by atomic mass is 19.1. The quantitative estimate of drug-likeness (QED) is 0.668. The zero-order chi connectivity index (χ0) is 16.8. The lowest BCUT2D eigenvalue weighted by molar-refractivity contribution is 0.384. The fraction of sp³-hybridized carbons (Fsp3) is 0.400. The van der Waals surface area contributed by atoms with Gasteiger partial charge in [-0.2, -0.15) is 4.98 Å². The normalized spacial score (nSPS) is 11.4. The summed E-state index contributed by atoms with van der Waals surface area (Å²) < 4.78 is 23.6. The monoisotopic (exact) mass is 321 g/mol. The van der Waals surface area contributed by atoms with Gasteiger partial charge in [0.2, 0.25) is 5.89 Å². The van der Waals surface area contributed by atoms with E-state index in [4.69, 9.17) is 9.26 Å². The van der Waals surface area contributed by atoms with Crippen molar-refractivity contribution in [3.05, 3.63) is 41.3 Å². The summed E-state index contributed by atoms with van der Waals surface area (Å²) in [5.74, 6) is 1.55. The van der Waals surface area contributed by atoms with E-state index in [0.717, 1.165) is 5.56 Å². The third-order valence-corrected chi connectivity index (χ3v) is 3.18. The second-order valence-electron chi connectivity index (χ2n) is 4.96. The van der Waals surface area contributed by atoms with Crippen LogP contribution in [0.5, 0.6) is 5.75 Å². The van der Waals surface area contributed by atoms with E-state index in [0.29, 0.717) is 30.8 Å². The summed E-state index contributed by atoms with van der Waals surface area (Å²) in [7, 11) is 4.98. The summed E-state index contributed by atoms with van der Waals surface area (Å²) in [4.78, 5) is 10.2. The van der Waals surface area contributed by atoms with Gasteiger partial charge in [-0.15, -0.1) is 0 Å². The minimum absolute atomic E-state index is 0.228. The number of halogens is 1. The van der Waals surface area contributed by atoms with Gasteiger partial charge in [-0.25, -0.2) is 4.39 Å². The first-order valence-corrected chi connectivity index (χ1v) is 7.07. The third kappa shape index (κ3) is 4.41. The minimum Gasteiger partial charge on any atom is -0.494 e. The Morgan fingerprint density at radius 3 is 2.83 bits per heavy atom. The topological polar surface area (TPSA) is 75.8 Å². The molecule has 0 atom stereocenters. The molecule has 1 heterocycles. The van der Waals surface area contributed by atoms with E-state index in [1.54, 1.807) is 20.0 Å². The Morgan fingerprint density at radius 1 is 1.48 bits per heavy atom. The summed E-state index contributed by atoms with van der Waals surface area (Å²) in [5.41, 5.74) is 0.809. The molecule has 0 saturated heterocycles. The maximum absolute atomic E-state index is 13.7. The van der Waals surface area contributed by atoms with Crippen LogP contribution in [0.15, 0.2) is 27.7 Å². The molecule has 0 aliphatic carbocycles. The Balaban J connectivity index is 1.97. The molecule has 124 valence electrons. The van der Waals surface area contributed by atoms with Crippen LogP contribution in [0.4, 0.5) is 4.39 Å². The van der Waals surface area contributed by atoms with Crippen LogP contribution in [0.1, 0.15) is 17.3 Å². The number of hydrogen-bond donors (Lipinski definition) is 1. The average molecular weight is 321 g/mol. The van der Waals surface area contributed by atoms with Gasteiger partial charge < -0.3 is 19.5 Å². The fourth-order valence-corrected chi connectivity index (χ4v) is 2.11. The number of aliphatic imine (C=N–C) groups is 1. The smallest absolute Gasteiger partial charge is 0.223 e. The summed E-state index contributed by atoms with van der Waals surface area (Å²) in [5, 5.41) is 6.94. The molecule has 0 unspecified atom stereocenters. The molecule has 0 radical (unpaired) electrons. The molecule has 0 bridgehead atoms. The van der Waals surface area contributed by atoms with Crippen LogP contribution >= 0.6 is 0 Å². The largest absolute Gasteiger partial charge is 0.494 e. The van der Waals surface area contributed by atoms with E-state index in [9.17, 15) is 4.39 Å². The van der Waals surface area contributed by atoms with E-state index >= 15 is 0 Å². The van der Waals surface area contributed by atoms with E-state index in [-0.39, 0.29) is 11.6 Å². The maximum atomic E-state index is 13.7. The van der Waals surface area contributed by atoms with Gasteiger partial charge in [-0.05, 0) is 17.7 Å². The lowest BCUT2D eigenvalue weighted by atomic mass is 10.2. The average Bonchev–Trinajstić information content (AvgIpc) is 2.93. The number of benzene rings is 1. The molecule has 0 aliphatic heterocycles. The van der Waals surface area contributed by atoms with Crippen LogP contribution < -0.4 is 10.1 Å².